The van der Waals surface area contributed by atoms with E-state index in [1.54, 1.807) is 0 Å². The van der Waals surface area contributed by atoms with Crippen molar-refractivity contribution in [3.8, 4) is 0 Å². The van der Waals surface area contributed by atoms with Gasteiger partial charge in [-0.05, 0) is 35.8 Å². The van der Waals surface area contributed by atoms with Crippen molar-refractivity contribution in [2.24, 2.45) is 17.3 Å². The summed E-state index contributed by atoms with van der Waals surface area (Å²) >= 11 is 0. The molecule has 0 aromatic heterocycles. The quantitative estimate of drug-likeness (QED) is 0.720. The van der Waals surface area contributed by atoms with E-state index in [0.29, 0.717) is 17.9 Å². The minimum atomic E-state index is 0.0435. The Morgan fingerprint density at radius 1 is 1.13 bits per heavy atom. The summed E-state index contributed by atoms with van der Waals surface area (Å²) in [6, 6.07) is 0.302. The molecule has 1 fully saturated rings. The van der Waals surface area contributed by atoms with Crippen LogP contribution in [0, 0.1) is 17.3 Å². The number of hydrogen-bond acceptors (Lipinski definition) is 2. The number of nitrogens with one attached hydrogen (secondary N) is 1. The molecule has 0 aromatic carbocycles. The van der Waals surface area contributed by atoms with Crippen molar-refractivity contribution in [3.05, 3.63) is 83.0 Å². The van der Waals surface area contributed by atoms with Crippen LogP contribution in [0.3, 0.4) is 0 Å². The fraction of sp³-hybridized carbons (Fsp3) is 0.333. The van der Waals surface area contributed by atoms with Crippen LogP contribution in [0.15, 0.2) is 83.0 Å². The van der Waals surface area contributed by atoms with E-state index in [0.717, 1.165) is 17.9 Å². The second-order valence-corrected chi connectivity index (χ2v) is 7.53. The Hall–Kier alpha value is -2.22. The molecule has 116 valence electrons. The number of fused-ring (bicyclic) bond motifs is 4. The fourth-order valence-corrected chi connectivity index (χ4v) is 4.71. The van der Waals surface area contributed by atoms with Gasteiger partial charge in [0, 0.05) is 22.9 Å². The van der Waals surface area contributed by atoms with Crippen LogP contribution in [0.2, 0.25) is 0 Å². The van der Waals surface area contributed by atoms with Gasteiger partial charge in [0.2, 0.25) is 0 Å². The van der Waals surface area contributed by atoms with Crippen molar-refractivity contribution < 1.29 is 4.74 Å². The van der Waals surface area contributed by atoms with E-state index < -0.39 is 0 Å². The monoisotopic (exact) mass is 303 g/mol. The fourth-order valence-electron chi connectivity index (χ4n) is 4.71. The van der Waals surface area contributed by atoms with Crippen LogP contribution < -0.4 is 5.32 Å². The summed E-state index contributed by atoms with van der Waals surface area (Å²) in [7, 11) is 0. The van der Waals surface area contributed by atoms with Crippen molar-refractivity contribution in [2.45, 2.75) is 26.3 Å². The van der Waals surface area contributed by atoms with Gasteiger partial charge in [-0.25, -0.2) is 0 Å². The molecule has 23 heavy (non-hydrogen) atoms. The Bertz CT molecular complexity index is 798. The van der Waals surface area contributed by atoms with Crippen LogP contribution in [0.5, 0.6) is 0 Å². The second kappa shape index (κ2) is 4.41. The SMILES string of the molecule is CC1(C)C2=C(C=C3C=CC=CC3N2)C=C2OC3=CC=CCC3C21. The molecular weight excluding hydrogens is 282 g/mol. The predicted molar refractivity (Wildman–Crippen MR) is 92.1 cm³/mol. The molecule has 0 aromatic rings. The summed E-state index contributed by atoms with van der Waals surface area (Å²) in [5.41, 5.74) is 4.01. The van der Waals surface area contributed by atoms with E-state index in [1.807, 2.05) is 0 Å². The Morgan fingerprint density at radius 3 is 2.96 bits per heavy atom. The lowest BCUT2D eigenvalue weighted by molar-refractivity contribution is 0.221. The van der Waals surface area contributed by atoms with Gasteiger partial charge in [0.15, 0.2) is 0 Å². The summed E-state index contributed by atoms with van der Waals surface area (Å²) < 4.78 is 6.24. The van der Waals surface area contributed by atoms with Crippen molar-refractivity contribution in [2.75, 3.05) is 0 Å². The van der Waals surface area contributed by atoms with Gasteiger partial charge in [-0.1, -0.05) is 50.3 Å². The summed E-state index contributed by atoms with van der Waals surface area (Å²) in [6.45, 7) is 4.72. The summed E-state index contributed by atoms with van der Waals surface area (Å²) in [5, 5.41) is 3.79. The molecule has 0 spiro atoms. The Labute approximate surface area is 137 Å². The summed E-state index contributed by atoms with van der Waals surface area (Å²) in [5.74, 6) is 3.18. The number of ether oxygens (including phenoxy) is 1. The normalized spacial score (nSPS) is 35.0. The van der Waals surface area contributed by atoms with E-state index in [4.69, 9.17) is 4.74 Å². The van der Waals surface area contributed by atoms with Gasteiger partial charge < -0.3 is 10.1 Å². The summed E-state index contributed by atoms with van der Waals surface area (Å²) in [6.07, 6.45) is 20.8. The topological polar surface area (TPSA) is 21.3 Å². The molecule has 2 aliphatic heterocycles. The van der Waals surface area contributed by atoms with Crippen molar-refractivity contribution in [1.82, 2.24) is 5.32 Å². The highest BCUT2D eigenvalue weighted by atomic mass is 16.5. The van der Waals surface area contributed by atoms with Gasteiger partial charge in [-0.15, -0.1) is 0 Å². The molecule has 3 aliphatic carbocycles. The maximum atomic E-state index is 6.24. The van der Waals surface area contributed by atoms with Gasteiger partial charge in [0.25, 0.3) is 0 Å². The molecule has 5 rings (SSSR count). The van der Waals surface area contributed by atoms with Gasteiger partial charge in [-0.3, -0.25) is 0 Å². The zero-order valence-electron chi connectivity index (χ0n) is 13.5. The lowest BCUT2D eigenvalue weighted by Gasteiger charge is -2.43. The van der Waals surface area contributed by atoms with Crippen LogP contribution in [-0.2, 0) is 4.74 Å². The maximum absolute atomic E-state index is 6.24. The molecule has 1 N–H and O–H groups in total. The lowest BCUT2D eigenvalue weighted by Crippen LogP contribution is -2.44. The van der Waals surface area contributed by atoms with Crippen LogP contribution in [0.4, 0.5) is 0 Å². The number of dihydropyridines is 1. The zero-order valence-corrected chi connectivity index (χ0v) is 13.5. The smallest absolute Gasteiger partial charge is 0.109 e. The van der Waals surface area contributed by atoms with Crippen LogP contribution in [0.25, 0.3) is 0 Å². The molecule has 5 aliphatic rings. The highest BCUT2D eigenvalue weighted by Crippen LogP contribution is 2.56. The molecule has 1 saturated heterocycles. The van der Waals surface area contributed by atoms with Crippen molar-refractivity contribution >= 4 is 0 Å². The first-order valence-corrected chi connectivity index (χ1v) is 8.48. The molecule has 3 atom stereocenters. The molecule has 0 radical (unpaired) electrons. The van der Waals surface area contributed by atoms with E-state index in [2.05, 4.69) is 73.8 Å². The molecule has 2 nitrogen and oxygen atoms in total. The highest BCUT2D eigenvalue weighted by Gasteiger charge is 2.51. The predicted octanol–water partition coefficient (Wildman–Crippen LogP) is 4.29. The van der Waals surface area contributed by atoms with Gasteiger partial charge in [0.05, 0.1) is 6.04 Å². The van der Waals surface area contributed by atoms with E-state index in [9.17, 15) is 0 Å². The maximum Gasteiger partial charge on any atom is 0.109 e. The van der Waals surface area contributed by atoms with Crippen molar-refractivity contribution in [1.29, 1.82) is 0 Å². The van der Waals surface area contributed by atoms with Gasteiger partial charge >= 0.3 is 0 Å². The number of hydrogen-bond donors (Lipinski definition) is 1. The molecule has 0 saturated carbocycles. The standard InChI is InChI=1S/C21H21NO/c1-21(2)19-15-8-4-6-10-17(15)23-18(19)12-14-11-13-7-3-5-9-16(13)22-20(14)21/h3-7,9-12,15-16,19,22H,8H2,1-2H3. The third kappa shape index (κ3) is 1.75. The first-order chi connectivity index (χ1) is 11.1. The Balaban J connectivity index is 1.62. The van der Waals surface area contributed by atoms with Gasteiger partial charge in [-0.2, -0.15) is 0 Å². The molecule has 0 bridgehead atoms. The largest absolute Gasteiger partial charge is 0.465 e. The molecule has 2 heterocycles. The van der Waals surface area contributed by atoms with E-state index >= 15 is 0 Å². The average Bonchev–Trinajstić information content (AvgIpc) is 2.92. The average molecular weight is 303 g/mol. The minimum Gasteiger partial charge on any atom is -0.465 e. The highest BCUT2D eigenvalue weighted by molar-refractivity contribution is 5.55. The summed E-state index contributed by atoms with van der Waals surface area (Å²) in [4.78, 5) is 0. The minimum absolute atomic E-state index is 0.0435. The first-order valence-electron chi connectivity index (χ1n) is 8.48. The third-order valence-corrected chi connectivity index (χ3v) is 5.79. The number of rotatable bonds is 0. The molecule has 2 heteroatoms. The van der Waals surface area contributed by atoms with E-state index in [1.165, 1.54) is 16.8 Å². The molecule has 0 amide bonds. The van der Waals surface area contributed by atoms with Crippen molar-refractivity contribution in [3.63, 3.8) is 0 Å². The Morgan fingerprint density at radius 2 is 2.04 bits per heavy atom. The van der Waals surface area contributed by atoms with Crippen LogP contribution in [0.1, 0.15) is 20.3 Å². The second-order valence-electron chi connectivity index (χ2n) is 7.53. The zero-order chi connectivity index (χ0) is 15.6. The lowest BCUT2D eigenvalue weighted by atomic mass is 9.64. The van der Waals surface area contributed by atoms with Crippen LogP contribution >= 0.6 is 0 Å². The third-order valence-electron chi connectivity index (χ3n) is 5.79. The first kappa shape index (κ1) is 13.2. The Kier molecular flexibility index (Phi) is 2.54. The number of allylic oxidation sites excluding steroid dienone is 11. The van der Waals surface area contributed by atoms with Crippen LogP contribution in [-0.4, -0.2) is 6.04 Å². The van der Waals surface area contributed by atoms with E-state index in [-0.39, 0.29) is 5.41 Å². The molecular formula is C21H21NO. The van der Waals surface area contributed by atoms with Gasteiger partial charge in [0.1, 0.15) is 11.5 Å². The molecule has 3 unspecified atom stereocenters.